The van der Waals surface area contributed by atoms with Crippen molar-refractivity contribution in [2.45, 2.75) is 26.2 Å². The molecule has 2 N–H and O–H groups in total. The Labute approximate surface area is 112 Å². The molecule has 0 spiro atoms. The van der Waals surface area contributed by atoms with E-state index in [9.17, 15) is 9.59 Å². The fraction of sp³-hybridized carbons (Fsp3) is 0.429. The van der Waals surface area contributed by atoms with Gasteiger partial charge in [-0.2, -0.15) is 0 Å². The summed E-state index contributed by atoms with van der Waals surface area (Å²) in [5.41, 5.74) is 5.74. The molecule has 1 saturated carbocycles. The summed E-state index contributed by atoms with van der Waals surface area (Å²) in [7, 11) is 0. The van der Waals surface area contributed by atoms with Gasteiger partial charge in [-0.25, -0.2) is 0 Å². The topological polar surface area (TPSA) is 67.4 Å². The molecular weight excluding hydrogens is 244 g/mol. The quantitative estimate of drug-likeness (QED) is 0.804. The second-order valence-electron chi connectivity index (χ2n) is 4.72. The molecule has 0 aliphatic heterocycles. The van der Waals surface area contributed by atoms with Gasteiger partial charge in [-0.15, -0.1) is 0 Å². The molecule has 1 aromatic rings. The Hall–Kier alpha value is -2.04. The summed E-state index contributed by atoms with van der Waals surface area (Å²) in [5.74, 6) is 0.243. The zero-order chi connectivity index (χ0) is 13.7. The van der Waals surface area contributed by atoms with Gasteiger partial charge in [-0.1, -0.05) is 24.6 Å². The van der Waals surface area contributed by atoms with E-state index in [4.69, 9.17) is 4.74 Å². The second-order valence-corrected chi connectivity index (χ2v) is 4.72. The van der Waals surface area contributed by atoms with E-state index in [-0.39, 0.29) is 24.3 Å². The minimum atomic E-state index is -0.365. The van der Waals surface area contributed by atoms with E-state index in [1.54, 1.807) is 6.07 Å². The molecule has 0 atom stereocenters. The molecule has 0 saturated heterocycles. The van der Waals surface area contributed by atoms with Crippen LogP contribution in [0.2, 0.25) is 0 Å². The van der Waals surface area contributed by atoms with Crippen molar-refractivity contribution in [1.82, 2.24) is 10.9 Å². The number of aryl methyl sites for hydroxylation is 1. The first-order valence-electron chi connectivity index (χ1n) is 6.44. The third-order valence-corrected chi connectivity index (χ3v) is 3.25. The van der Waals surface area contributed by atoms with Crippen LogP contribution in [0.1, 0.15) is 24.8 Å². The summed E-state index contributed by atoms with van der Waals surface area (Å²) in [6.45, 7) is 1.79. The van der Waals surface area contributed by atoms with Crippen LogP contribution in [0.25, 0.3) is 0 Å². The van der Waals surface area contributed by atoms with Gasteiger partial charge in [0.1, 0.15) is 5.75 Å². The normalized spacial score (nSPS) is 14.4. The number of hydrogen-bond donors (Lipinski definition) is 2. The maximum absolute atomic E-state index is 11.5. The van der Waals surface area contributed by atoms with E-state index in [0.717, 1.165) is 24.8 Å². The third-order valence-electron chi connectivity index (χ3n) is 3.25. The van der Waals surface area contributed by atoms with E-state index in [1.807, 2.05) is 25.1 Å². The van der Waals surface area contributed by atoms with Gasteiger partial charge in [0.15, 0.2) is 6.61 Å². The molecule has 0 aromatic heterocycles. The van der Waals surface area contributed by atoms with E-state index >= 15 is 0 Å². The number of ether oxygens (including phenoxy) is 1. The molecule has 0 unspecified atom stereocenters. The van der Waals surface area contributed by atoms with Gasteiger partial charge < -0.3 is 4.74 Å². The fourth-order valence-electron chi connectivity index (χ4n) is 1.80. The van der Waals surface area contributed by atoms with Crippen LogP contribution in [0, 0.1) is 12.8 Å². The van der Waals surface area contributed by atoms with Crippen LogP contribution in [0.3, 0.4) is 0 Å². The van der Waals surface area contributed by atoms with E-state index in [0.29, 0.717) is 5.75 Å². The highest BCUT2D eigenvalue weighted by Crippen LogP contribution is 2.25. The number of amides is 2. The van der Waals surface area contributed by atoms with Gasteiger partial charge in [-0.05, 0) is 31.4 Å². The largest absolute Gasteiger partial charge is 0.483 e. The molecule has 0 bridgehead atoms. The van der Waals surface area contributed by atoms with Gasteiger partial charge in [-0.3, -0.25) is 20.4 Å². The first-order valence-corrected chi connectivity index (χ1v) is 6.44. The van der Waals surface area contributed by atoms with Crippen molar-refractivity contribution in [2.24, 2.45) is 5.92 Å². The molecule has 1 aliphatic carbocycles. The molecule has 5 nitrogen and oxygen atoms in total. The molecule has 102 valence electrons. The fourth-order valence-corrected chi connectivity index (χ4v) is 1.80. The van der Waals surface area contributed by atoms with Crippen molar-refractivity contribution in [3.63, 3.8) is 0 Å². The van der Waals surface area contributed by atoms with Crippen molar-refractivity contribution < 1.29 is 14.3 Å². The SMILES string of the molecule is Cc1ccccc1OCC(=O)NNC(=O)C1CCC1. The van der Waals surface area contributed by atoms with Crippen LogP contribution < -0.4 is 15.6 Å². The summed E-state index contributed by atoms with van der Waals surface area (Å²) in [4.78, 5) is 23.0. The van der Waals surface area contributed by atoms with Gasteiger partial charge in [0.25, 0.3) is 5.91 Å². The van der Waals surface area contributed by atoms with Crippen molar-refractivity contribution >= 4 is 11.8 Å². The number of hydrogen-bond acceptors (Lipinski definition) is 3. The maximum Gasteiger partial charge on any atom is 0.276 e. The lowest BCUT2D eigenvalue weighted by Gasteiger charge is -2.23. The zero-order valence-corrected chi connectivity index (χ0v) is 10.9. The first-order chi connectivity index (χ1) is 9.16. The van der Waals surface area contributed by atoms with E-state index < -0.39 is 0 Å². The number of benzene rings is 1. The Morgan fingerprint density at radius 3 is 2.63 bits per heavy atom. The average Bonchev–Trinajstić information content (AvgIpc) is 2.33. The molecule has 5 heteroatoms. The lowest BCUT2D eigenvalue weighted by molar-refractivity contribution is -0.133. The standard InChI is InChI=1S/C14H18N2O3/c1-10-5-2-3-8-12(10)19-9-13(17)15-16-14(18)11-6-4-7-11/h2-3,5,8,11H,4,6-7,9H2,1H3,(H,15,17)(H,16,18). The lowest BCUT2D eigenvalue weighted by Crippen LogP contribution is -2.47. The number of carbonyl (C=O) groups excluding carboxylic acids is 2. The second kappa shape index (κ2) is 6.22. The van der Waals surface area contributed by atoms with Crippen LogP contribution in [-0.2, 0) is 9.59 Å². The minimum absolute atomic E-state index is 0.0533. The monoisotopic (exact) mass is 262 g/mol. The van der Waals surface area contributed by atoms with E-state index in [1.165, 1.54) is 0 Å². The average molecular weight is 262 g/mol. The van der Waals surface area contributed by atoms with E-state index in [2.05, 4.69) is 10.9 Å². The van der Waals surface area contributed by atoms with Crippen LogP contribution in [0.4, 0.5) is 0 Å². The molecular formula is C14H18N2O3. The Balaban J connectivity index is 1.70. The lowest BCUT2D eigenvalue weighted by atomic mass is 9.85. The molecule has 1 aliphatic rings. The van der Waals surface area contributed by atoms with Crippen molar-refractivity contribution in [3.8, 4) is 5.75 Å². The number of rotatable bonds is 4. The summed E-state index contributed by atoms with van der Waals surface area (Å²) in [6.07, 6.45) is 2.89. The van der Waals surface area contributed by atoms with Gasteiger partial charge in [0.2, 0.25) is 5.91 Å². The molecule has 1 fully saturated rings. The Morgan fingerprint density at radius 2 is 2.00 bits per heavy atom. The minimum Gasteiger partial charge on any atom is -0.483 e. The van der Waals surface area contributed by atoms with Crippen LogP contribution in [-0.4, -0.2) is 18.4 Å². The highest BCUT2D eigenvalue weighted by Gasteiger charge is 2.25. The smallest absolute Gasteiger partial charge is 0.276 e. The number of hydrazine groups is 1. The van der Waals surface area contributed by atoms with Gasteiger partial charge >= 0.3 is 0 Å². The molecule has 0 heterocycles. The summed E-state index contributed by atoms with van der Waals surface area (Å²) >= 11 is 0. The third kappa shape index (κ3) is 3.71. The Kier molecular flexibility index (Phi) is 4.39. The summed E-state index contributed by atoms with van der Waals surface area (Å²) in [6, 6.07) is 7.46. The number of para-hydroxylation sites is 1. The molecule has 1 aromatic carbocycles. The van der Waals surface area contributed by atoms with Crippen molar-refractivity contribution in [3.05, 3.63) is 29.8 Å². The first kappa shape index (κ1) is 13.4. The van der Waals surface area contributed by atoms with Gasteiger partial charge in [0.05, 0.1) is 0 Å². The zero-order valence-electron chi connectivity index (χ0n) is 10.9. The highest BCUT2D eigenvalue weighted by atomic mass is 16.5. The maximum atomic E-state index is 11.5. The Morgan fingerprint density at radius 1 is 1.26 bits per heavy atom. The van der Waals surface area contributed by atoms with Gasteiger partial charge in [0, 0.05) is 5.92 Å². The summed E-state index contributed by atoms with van der Waals surface area (Å²) in [5, 5.41) is 0. The molecule has 0 radical (unpaired) electrons. The Bertz CT molecular complexity index is 470. The molecule has 19 heavy (non-hydrogen) atoms. The highest BCUT2D eigenvalue weighted by molar-refractivity contribution is 5.84. The molecule has 2 rings (SSSR count). The van der Waals surface area contributed by atoms with Crippen molar-refractivity contribution in [2.75, 3.05) is 6.61 Å². The predicted molar refractivity (Wildman–Crippen MR) is 70.3 cm³/mol. The summed E-state index contributed by atoms with van der Waals surface area (Å²) < 4.78 is 5.37. The number of nitrogens with one attached hydrogen (secondary N) is 2. The van der Waals surface area contributed by atoms with Crippen LogP contribution in [0.15, 0.2) is 24.3 Å². The number of carbonyl (C=O) groups is 2. The molecule has 2 amide bonds. The van der Waals surface area contributed by atoms with Crippen molar-refractivity contribution in [1.29, 1.82) is 0 Å². The predicted octanol–water partition coefficient (Wildman–Crippen LogP) is 1.32. The van der Waals surface area contributed by atoms with Crippen LogP contribution in [0.5, 0.6) is 5.75 Å². The van der Waals surface area contributed by atoms with Crippen LogP contribution >= 0.6 is 0 Å².